The summed E-state index contributed by atoms with van der Waals surface area (Å²) in [5.41, 5.74) is 1.86. The predicted molar refractivity (Wildman–Crippen MR) is 113 cm³/mol. The van der Waals surface area contributed by atoms with Crippen molar-refractivity contribution in [2.75, 3.05) is 6.61 Å². The Morgan fingerprint density at radius 2 is 1.82 bits per heavy atom. The van der Waals surface area contributed by atoms with Gasteiger partial charge in [0, 0.05) is 0 Å². The maximum Gasteiger partial charge on any atom is 0.262 e. The lowest BCUT2D eigenvalue weighted by atomic mass is 10.1. The van der Waals surface area contributed by atoms with E-state index in [9.17, 15) is 10.1 Å². The Hall–Kier alpha value is -3.06. The lowest BCUT2D eigenvalue weighted by molar-refractivity contribution is -0.117. The SMILES string of the molecule is CCCCCCOc1ccc(C=C(C#N)C(=O)NC(C)c2ccccc2)cc1. The summed E-state index contributed by atoms with van der Waals surface area (Å²) in [5.74, 6) is 0.421. The molecule has 2 rings (SSSR count). The molecule has 0 fully saturated rings. The van der Waals surface area contributed by atoms with Gasteiger partial charge in [-0.3, -0.25) is 4.79 Å². The average molecular weight is 377 g/mol. The highest BCUT2D eigenvalue weighted by molar-refractivity contribution is 6.01. The third-order valence-electron chi connectivity index (χ3n) is 4.47. The van der Waals surface area contributed by atoms with Gasteiger partial charge in [-0.2, -0.15) is 5.26 Å². The minimum Gasteiger partial charge on any atom is -0.494 e. The van der Waals surface area contributed by atoms with Gasteiger partial charge in [-0.25, -0.2) is 0 Å². The van der Waals surface area contributed by atoms with E-state index in [1.807, 2.05) is 67.6 Å². The lowest BCUT2D eigenvalue weighted by Gasteiger charge is -2.13. The second-order valence-corrected chi connectivity index (χ2v) is 6.75. The van der Waals surface area contributed by atoms with Crippen molar-refractivity contribution in [3.05, 3.63) is 71.3 Å². The Kier molecular flexibility index (Phi) is 8.81. The molecular formula is C24H28N2O2. The number of hydrogen-bond acceptors (Lipinski definition) is 3. The van der Waals surface area contributed by atoms with Crippen LogP contribution < -0.4 is 10.1 Å². The minimum atomic E-state index is -0.380. The molecule has 0 aliphatic carbocycles. The van der Waals surface area contributed by atoms with Gasteiger partial charge in [-0.15, -0.1) is 0 Å². The van der Waals surface area contributed by atoms with E-state index >= 15 is 0 Å². The Labute approximate surface area is 167 Å². The Morgan fingerprint density at radius 3 is 2.46 bits per heavy atom. The van der Waals surface area contributed by atoms with E-state index in [1.54, 1.807) is 6.08 Å². The van der Waals surface area contributed by atoms with E-state index in [-0.39, 0.29) is 17.5 Å². The molecule has 0 radical (unpaired) electrons. The summed E-state index contributed by atoms with van der Waals surface area (Å²) < 4.78 is 5.72. The average Bonchev–Trinajstić information content (AvgIpc) is 2.73. The monoisotopic (exact) mass is 376 g/mol. The molecule has 1 amide bonds. The summed E-state index contributed by atoms with van der Waals surface area (Å²) in [6.45, 7) is 4.79. The van der Waals surface area contributed by atoms with Gasteiger partial charge in [-0.05, 0) is 42.7 Å². The lowest BCUT2D eigenvalue weighted by Crippen LogP contribution is -2.27. The molecule has 0 bridgehead atoms. The number of rotatable bonds is 10. The first-order valence-electron chi connectivity index (χ1n) is 9.84. The zero-order chi connectivity index (χ0) is 20.2. The summed E-state index contributed by atoms with van der Waals surface area (Å²) in [6.07, 6.45) is 6.26. The number of carbonyl (C=O) groups excluding carboxylic acids is 1. The number of amides is 1. The van der Waals surface area contributed by atoms with Crippen molar-refractivity contribution in [1.29, 1.82) is 5.26 Å². The molecule has 0 saturated heterocycles. The number of nitriles is 1. The van der Waals surface area contributed by atoms with Crippen LogP contribution in [0.1, 0.15) is 56.7 Å². The van der Waals surface area contributed by atoms with Gasteiger partial charge < -0.3 is 10.1 Å². The van der Waals surface area contributed by atoms with Gasteiger partial charge in [0.1, 0.15) is 17.4 Å². The molecule has 2 aromatic rings. The van der Waals surface area contributed by atoms with Crippen LogP contribution in [0.25, 0.3) is 6.08 Å². The largest absolute Gasteiger partial charge is 0.494 e. The quantitative estimate of drug-likeness (QED) is 0.342. The van der Waals surface area contributed by atoms with Crippen LogP contribution in [0.2, 0.25) is 0 Å². The van der Waals surface area contributed by atoms with Gasteiger partial charge in [-0.1, -0.05) is 68.7 Å². The first kappa shape index (κ1) is 21.2. The number of nitrogens with one attached hydrogen (secondary N) is 1. The molecule has 0 aliphatic rings. The number of benzene rings is 2. The summed E-state index contributed by atoms with van der Waals surface area (Å²) in [4.78, 5) is 12.4. The molecule has 4 nitrogen and oxygen atoms in total. The minimum absolute atomic E-state index is 0.0796. The first-order valence-corrected chi connectivity index (χ1v) is 9.84. The number of carbonyl (C=O) groups is 1. The fourth-order valence-corrected chi connectivity index (χ4v) is 2.79. The fourth-order valence-electron chi connectivity index (χ4n) is 2.79. The second-order valence-electron chi connectivity index (χ2n) is 6.75. The molecule has 4 heteroatoms. The van der Waals surface area contributed by atoms with Crippen molar-refractivity contribution in [2.24, 2.45) is 0 Å². The Bertz CT molecular complexity index is 805. The van der Waals surface area contributed by atoms with Crippen LogP contribution >= 0.6 is 0 Å². The van der Waals surface area contributed by atoms with Crippen molar-refractivity contribution in [3.63, 3.8) is 0 Å². The smallest absolute Gasteiger partial charge is 0.262 e. The maximum absolute atomic E-state index is 12.4. The van der Waals surface area contributed by atoms with Crippen LogP contribution in [-0.4, -0.2) is 12.5 Å². The molecule has 1 atom stereocenters. The standard InChI is InChI=1S/C24H28N2O2/c1-3-4-5-9-16-28-23-14-12-20(13-15-23)17-22(18-25)24(27)26-19(2)21-10-7-6-8-11-21/h6-8,10-15,17,19H,3-5,9,16H2,1-2H3,(H,26,27). The van der Waals surface area contributed by atoms with Gasteiger partial charge >= 0.3 is 0 Å². The van der Waals surface area contributed by atoms with E-state index in [0.29, 0.717) is 6.61 Å². The van der Waals surface area contributed by atoms with Gasteiger partial charge in [0.05, 0.1) is 12.6 Å². The third-order valence-corrected chi connectivity index (χ3v) is 4.47. The van der Waals surface area contributed by atoms with Crippen LogP contribution in [0.3, 0.4) is 0 Å². The number of hydrogen-bond donors (Lipinski definition) is 1. The summed E-state index contributed by atoms with van der Waals surface area (Å²) in [5, 5.41) is 12.2. The Balaban J connectivity index is 1.94. The van der Waals surface area contributed by atoms with Crippen LogP contribution in [0, 0.1) is 11.3 Å². The number of nitrogens with zero attached hydrogens (tertiary/aromatic N) is 1. The zero-order valence-electron chi connectivity index (χ0n) is 16.7. The number of ether oxygens (including phenoxy) is 1. The normalized spacial score (nSPS) is 12.1. The van der Waals surface area contributed by atoms with Crippen LogP contribution in [0.15, 0.2) is 60.2 Å². The van der Waals surface area contributed by atoms with Crippen molar-refractivity contribution >= 4 is 12.0 Å². The predicted octanol–water partition coefficient (Wildman–Crippen LogP) is 5.43. The van der Waals surface area contributed by atoms with Crippen molar-refractivity contribution in [2.45, 2.75) is 45.6 Å². The molecule has 0 aromatic heterocycles. The van der Waals surface area contributed by atoms with Crippen LogP contribution in [0.5, 0.6) is 5.75 Å². The topological polar surface area (TPSA) is 62.1 Å². The van der Waals surface area contributed by atoms with Crippen molar-refractivity contribution in [3.8, 4) is 11.8 Å². The highest BCUT2D eigenvalue weighted by Gasteiger charge is 2.13. The van der Waals surface area contributed by atoms with E-state index in [4.69, 9.17) is 4.74 Å². The molecule has 2 aromatic carbocycles. The summed E-state index contributed by atoms with van der Waals surface area (Å²) >= 11 is 0. The van der Waals surface area contributed by atoms with Gasteiger partial charge in [0.25, 0.3) is 5.91 Å². The highest BCUT2D eigenvalue weighted by Crippen LogP contribution is 2.16. The number of unbranched alkanes of at least 4 members (excludes halogenated alkanes) is 3. The molecule has 0 heterocycles. The van der Waals surface area contributed by atoms with Crippen LogP contribution in [-0.2, 0) is 4.79 Å². The second kappa shape index (κ2) is 11.6. The van der Waals surface area contributed by atoms with E-state index in [1.165, 1.54) is 19.3 Å². The molecule has 28 heavy (non-hydrogen) atoms. The van der Waals surface area contributed by atoms with Crippen molar-refractivity contribution < 1.29 is 9.53 Å². The molecule has 1 unspecified atom stereocenters. The molecular weight excluding hydrogens is 348 g/mol. The van der Waals surface area contributed by atoms with Crippen molar-refractivity contribution in [1.82, 2.24) is 5.32 Å². The molecule has 1 N–H and O–H groups in total. The van der Waals surface area contributed by atoms with Crippen LogP contribution in [0.4, 0.5) is 0 Å². The highest BCUT2D eigenvalue weighted by atomic mass is 16.5. The zero-order valence-corrected chi connectivity index (χ0v) is 16.7. The fraction of sp³-hybridized carbons (Fsp3) is 0.333. The van der Waals surface area contributed by atoms with E-state index in [2.05, 4.69) is 12.2 Å². The Morgan fingerprint density at radius 1 is 1.11 bits per heavy atom. The molecule has 0 aliphatic heterocycles. The summed E-state index contributed by atoms with van der Waals surface area (Å²) in [7, 11) is 0. The summed E-state index contributed by atoms with van der Waals surface area (Å²) in [6, 6.07) is 18.9. The van der Waals surface area contributed by atoms with Gasteiger partial charge in [0.15, 0.2) is 0 Å². The molecule has 146 valence electrons. The maximum atomic E-state index is 12.4. The third kappa shape index (κ3) is 6.92. The van der Waals surface area contributed by atoms with E-state index < -0.39 is 0 Å². The molecule has 0 saturated carbocycles. The first-order chi connectivity index (χ1) is 13.6. The van der Waals surface area contributed by atoms with E-state index in [0.717, 1.165) is 23.3 Å². The molecule has 0 spiro atoms. The van der Waals surface area contributed by atoms with Gasteiger partial charge in [0.2, 0.25) is 0 Å².